The summed E-state index contributed by atoms with van der Waals surface area (Å²) in [4.78, 5) is 6.29. The number of aliphatic imine (C=N–C) groups is 1. The maximum absolute atomic E-state index is 9.75. The predicted octanol–water partition coefficient (Wildman–Crippen LogP) is 3.80. The van der Waals surface area contributed by atoms with Crippen molar-refractivity contribution >= 4 is 11.9 Å². The van der Waals surface area contributed by atoms with E-state index in [0.29, 0.717) is 12.3 Å². The van der Waals surface area contributed by atoms with Gasteiger partial charge in [0, 0.05) is 25.1 Å². The first kappa shape index (κ1) is 15.8. The number of aryl methyl sites for hydroxylation is 1. The van der Waals surface area contributed by atoms with Crippen molar-refractivity contribution < 1.29 is 9.84 Å². The number of rotatable bonds is 3. The van der Waals surface area contributed by atoms with Gasteiger partial charge in [0.1, 0.15) is 6.23 Å². The molecule has 4 heteroatoms. The Kier molecular flexibility index (Phi) is 4.53. The monoisotopic (exact) mass is 312 g/mol. The third kappa shape index (κ3) is 3.17. The van der Waals surface area contributed by atoms with Crippen molar-refractivity contribution in [3.8, 4) is 5.75 Å². The highest BCUT2D eigenvalue weighted by Gasteiger charge is 2.25. The van der Waals surface area contributed by atoms with Gasteiger partial charge in [0.25, 0.3) is 0 Å². The van der Waals surface area contributed by atoms with Crippen LogP contribution in [0.1, 0.15) is 32.3 Å². The van der Waals surface area contributed by atoms with Crippen molar-refractivity contribution in [3.05, 3.63) is 47.4 Å². The molecule has 0 aromatic heterocycles. The van der Waals surface area contributed by atoms with E-state index in [1.807, 2.05) is 18.4 Å². The third-order valence-corrected chi connectivity index (χ3v) is 4.41. The summed E-state index contributed by atoms with van der Waals surface area (Å²) in [7, 11) is 0. The quantitative estimate of drug-likeness (QED) is 0.923. The van der Waals surface area contributed by atoms with Crippen LogP contribution in [0.2, 0.25) is 0 Å². The molecule has 1 aromatic carbocycles. The highest BCUT2D eigenvalue weighted by molar-refractivity contribution is 5.68. The fourth-order valence-corrected chi connectivity index (χ4v) is 3.11. The van der Waals surface area contributed by atoms with Gasteiger partial charge in [0.15, 0.2) is 5.75 Å². The van der Waals surface area contributed by atoms with Crippen LogP contribution < -0.4 is 9.64 Å². The highest BCUT2D eigenvalue weighted by atomic mass is 16.5. The molecule has 0 radical (unpaired) electrons. The lowest BCUT2D eigenvalue weighted by molar-refractivity contribution is 0.178. The molecular formula is C19H24N2O2. The lowest BCUT2D eigenvalue weighted by Crippen LogP contribution is -2.20. The second-order valence-corrected chi connectivity index (χ2v) is 6.06. The molecule has 1 unspecified atom stereocenters. The van der Waals surface area contributed by atoms with Crippen molar-refractivity contribution in [2.45, 2.75) is 39.8 Å². The Morgan fingerprint density at radius 3 is 2.91 bits per heavy atom. The molecule has 0 bridgehead atoms. The van der Waals surface area contributed by atoms with E-state index in [0.717, 1.165) is 30.3 Å². The van der Waals surface area contributed by atoms with Crippen LogP contribution in [-0.2, 0) is 0 Å². The summed E-state index contributed by atoms with van der Waals surface area (Å²) in [5.41, 5.74) is 3.55. The van der Waals surface area contributed by atoms with Crippen LogP contribution in [0.4, 0.5) is 5.69 Å². The number of benzene rings is 1. The molecule has 0 spiro atoms. The van der Waals surface area contributed by atoms with Crippen LogP contribution in [0.5, 0.6) is 5.75 Å². The molecule has 122 valence electrons. The molecule has 0 aliphatic carbocycles. The summed E-state index contributed by atoms with van der Waals surface area (Å²) in [5, 5.41) is 9.75. The molecule has 0 amide bonds. The number of hydrogen-bond donors (Lipinski definition) is 1. The number of fused-ring (bicyclic) bond motifs is 1. The van der Waals surface area contributed by atoms with Crippen LogP contribution in [-0.4, -0.2) is 24.1 Å². The zero-order valence-electron chi connectivity index (χ0n) is 14.0. The molecule has 2 heterocycles. The smallest absolute Gasteiger partial charge is 0.200 e. The normalized spacial score (nSPS) is 26.7. The summed E-state index contributed by atoms with van der Waals surface area (Å²) in [6.45, 7) is 7.20. The summed E-state index contributed by atoms with van der Waals surface area (Å²) in [5.74, 6) is 2.04. The van der Waals surface area contributed by atoms with Crippen molar-refractivity contribution in [2.75, 3.05) is 11.4 Å². The Morgan fingerprint density at radius 1 is 1.35 bits per heavy atom. The molecule has 2 aliphatic heterocycles. The lowest BCUT2D eigenvalue weighted by Gasteiger charge is -2.21. The topological polar surface area (TPSA) is 45.1 Å². The van der Waals surface area contributed by atoms with Gasteiger partial charge in [0.05, 0.1) is 5.69 Å². The fourth-order valence-electron chi connectivity index (χ4n) is 3.11. The predicted molar refractivity (Wildman–Crippen MR) is 93.9 cm³/mol. The van der Waals surface area contributed by atoms with Gasteiger partial charge in [-0.1, -0.05) is 24.6 Å². The number of anilines is 1. The number of nitrogens with zero attached hydrogens (tertiary/aromatic N) is 2. The first-order chi connectivity index (χ1) is 11.1. The molecule has 0 saturated carbocycles. The molecular weight excluding hydrogens is 288 g/mol. The molecule has 1 aromatic rings. The maximum atomic E-state index is 9.75. The van der Waals surface area contributed by atoms with Gasteiger partial charge in [-0.25, -0.2) is 0 Å². The van der Waals surface area contributed by atoms with Gasteiger partial charge < -0.3 is 14.7 Å². The van der Waals surface area contributed by atoms with Crippen molar-refractivity contribution in [1.29, 1.82) is 0 Å². The number of allylic oxidation sites excluding steroid dienone is 2. The SMILES string of the molecule is CCC1C=N[C@H](O)CC1=CC=C1Oc2ccc(C)cc2N1CC. The van der Waals surface area contributed by atoms with Crippen LogP contribution in [0.15, 0.2) is 46.8 Å². The molecule has 2 atom stereocenters. The van der Waals surface area contributed by atoms with Crippen LogP contribution in [0.25, 0.3) is 0 Å². The van der Waals surface area contributed by atoms with E-state index in [9.17, 15) is 5.11 Å². The zero-order valence-corrected chi connectivity index (χ0v) is 14.0. The van der Waals surface area contributed by atoms with Gasteiger partial charge in [-0.05, 0) is 44.0 Å². The standard InChI is InChI=1S/C19H24N2O2/c1-4-14-12-20-18(22)11-15(14)7-9-19-21(5-2)16-10-13(3)6-8-17(16)23-19/h6-10,12,14,18,22H,4-5,11H2,1-3H3/t14?,18-/m1/s1. The fraction of sp³-hybridized carbons (Fsp3) is 0.421. The Morgan fingerprint density at radius 2 is 2.17 bits per heavy atom. The minimum atomic E-state index is -0.617. The number of hydrogen-bond acceptors (Lipinski definition) is 4. The first-order valence-corrected chi connectivity index (χ1v) is 8.30. The van der Waals surface area contributed by atoms with Crippen LogP contribution >= 0.6 is 0 Å². The van der Waals surface area contributed by atoms with E-state index in [1.165, 1.54) is 11.1 Å². The largest absolute Gasteiger partial charge is 0.439 e. The Hall–Kier alpha value is -2.07. The second-order valence-electron chi connectivity index (χ2n) is 6.06. The van der Waals surface area contributed by atoms with Crippen molar-refractivity contribution in [2.24, 2.45) is 10.9 Å². The molecule has 1 N–H and O–H groups in total. The molecule has 2 aliphatic rings. The van der Waals surface area contributed by atoms with Gasteiger partial charge in [-0.3, -0.25) is 4.99 Å². The van der Waals surface area contributed by atoms with E-state index in [-0.39, 0.29) is 0 Å². The minimum absolute atomic E-state index is 0.302. The van der Waals surface area contributed by atoms with Gasteiger partial charge in [-0.2, -0.15) is 0 Å². The summed E-state index contributed by atoms with van der Waals surface area (Å²) < 4.78 is 6.00. The van der Waals surface area contributed by atoms with Gasteiger partial charge in [-0.15, -0.1) is 0 Å². The highest BCUT2D eigenvalue weighted by Crippen LogP contribution is 2.39. The molecule has 23 heavy (non-hydrogen) atoms. The minimum Gasteiger partial charge on any atom is -0.439 e. The van der Waals surface area contributed by atoms with E-state index < -0.39 is 6.23 Å². The number of ether oxygens (including phenoxy) is 1. The molecule has 0 saturated heterocycles. The third-order valence-electron chi connectivity index (χ3n) is 4.41. The Bertz CT molecular complexity index is 676. The van der Waals surface area contributed by atoms with Crippen LogP contribution in [0.3, 0.4) is 0 Å². The zero-order chi connectivity index (χ0) is 16.4. The van der Waals surface area contributed by atoms with Crippen LogP contribution in [0, 0.1) is 12.8 Å². The van der Waals surface area contributed by atoms with Gasteiger partial charge >= 0.3 is 0 Å². The summed E-state index contributed by atoms with van der Waals surface area (Å²) in [6, 6.07) is 6.24. The van der Waals surface area contributed by atoms with Crippen molar-refractivity contribution in [1.82, 2.24) is 0 Å². The van der Waals surface area contributed by atoms with E-state index in [1.54, 1.807) is 0 Å². The Labute approximate surface area is 137 Å². The van der Waals surface area contributed by atoms with E-state index >= 15 is 0 Å². The molecule has 4 nitrogen and oxygen atoms in total. The lowest BCUT2D eigenvalue weighted by atomic mass is 9.91. The maximum Gasteiger partial charge on any atom is 0.200 e. The number of aliphatic hydroxyl groups is 1. The number of aliphatic hydroxyl groups excluding tert-OH is 1. The Balaban J connectivity index is 1.88. The second kappa shape index (κ2) is 6.59. The molecule has 3 rings (SSSR count). The first-order valence-electron chi connectivity index (χ1n) is 8.30. The summed E-state index contributed by atoms with van der Waals surface area (Å²) in [6.07, 6.45) is 6.93. The molecule has 0 fully saturated rings. The van der Waals surface area contributed by atoms with E-state index in [4.69, 9.17) is 4.74 Å². The van der Waals surface area contributed by atoms with Crippen molar-refractivity contribution in [3.63, 3.8) is 0 Å². The summed E-state index contributed by atoms with van der Waals surface area (Å²) >= 11 is 0. The average Bonchev–Trinajstić information content (AvgIpc) is 2.89. The van der Waals surface area contributed by atoms with Gasteiger partial charge in [0.2, 0.25) is 5.88 Å². The van der Waals surface area contributed by atoms with E-state index in [2.05, 4.69) is 48.9 Å². The average molecular weight is 312 g/mol.